The number of rotatable bonds is 1. The number of nitrogens with one attached hydrogen (secondary N) is 1. The molecule has 0 aliphatic rings. The van der Waals surface area contributed by atoms with E-state index in [9.17, 15) is 0 Å². The SMILES string of the molecule is Cc1nc2ccc(NN)cc2n1C. The quantitative estimate of drug-likeness (QED) is 0.506. The smallest absolute Gasteiger partial charge is 0.106 e. The Morgan fingerprint density at radius 2 is 2.23 bits per heavy atom. The molecule has 0 bridgehead atoms. The van der Waals surface area contributed by atoms with Crippen LogP contribution in [-0.4, -0.2) is 9.55 Å². The lowest BCUT2D eigenvalue weighted by Crippen LogP contribution is -2.06. The van der Waals surface area contributed by atoms with Crippen LogP contribution in [0.3, 0.4) is 0 Å². The number of hydrogen-bond donors (Lipinski definition) is 2. The lowest BCUT2D eigenvalue weighted by molar-refractivity contribution is 0.886. The lowest BCUT2D eigenvalue weighted by Gasteiger charge is -2.00. The Morgan fingerprint density at radius 1 is 1.46 bits per heavy atom. The van der Waals surface area contributed by atoms with E-state index < -0.39 is 0 Å². The van der Waals surface area contributed by atoms with E-state index >= 15 is 0 Å². The summed E-state index contributed by atoms with van der Waals surface area (Å²) in [5.41, 5.74) is 5.60. The molecular weight excluding hydrogens is 164 g/mol. The van der Waals surface area contributed by atoms with Gasteiger partial charge in [-0.25, -0.2) is 4.98 Å². The first-order chi connectivity index (χ1) is 6.22. The zero-order chi connectivity index (χ0) is 9.42. The molecule has 1 heterocycles. The van der Waals surface area contributed by atoms with Gasteiger partial charge in [0.05, 0.1) is 16.7 Å². The predicted molar refractivity (Wildman–Crippen MR) is 53.3 cm³/mol. The van der Waals surface area contributed by atoms with Crippen molar-refractivity contribution in [3.63, 3.8) is 0 Å². The van der Waals surface area contributed by atoms with Gasteiger partial charge in [0.2, 0.25) is 0 Å². The van der Waals surface area contributed by atoms with Gasteiger partial charge in [-0.15, -0.1) is 0 Å². The molecule has 13 heavy (non-hydrogen) atoms. The van der Waals surface area contributed by atoms with Crippen molar-refractivity contribution in [2.75, 3.05) is 5.43 Å². The maximum absolute atomic E-state index is 5.32. The van der Waals surface area contributed by atoms with Gasteiger partial charge in [0.15, 0.2) is 0 Å². The molecule has 0 atom stereocenters. The van der Waals surface area contributed by atoms with Crippen LogP contribution < -0.4 is 11.3 Å². The number of benzene rings is 1. The summed E-state index contributed by atoms with van der Waals surface area (Å²) in [5, 5.41) is 0. The Morgan fingerprint density at radius 3 is 2.92 bits per heavy atom. The van der Waals surface area contributed by atoms with Gasteiger partial charge in [-0.05, 0) is 25.1 Å². The zero-order valence-corrected chi connectivity index (χ0v) is 7.70. The second-order valence-electron chi connectivity index (χ2n) is 3.07. The van der Waals surface area contributed by atoms with Gasteiger partial charge in [0.25, 0.3) is 0 Å². The van der Waals surface area contributed by atoms with E-state index in [1.54, 1.807) is 0 Å². The van der Waals surface area contributed by atoms with Gasteiger partial charge in [0.1, 0.15) is 5.82 Å². The van der Waals surface area contributed by atoms with Crippen LogP contribution in [0.2, 0.25) is 0 Å². The molecule has 0 spiro atoms. The monoisotopic (exact) mass is 176 g/mol. The molecule has 0 aliphatic carbocycles. The van der Waals surface area contributed by atoms with Crippen molar-refractivity contribution < 1.29 is 0 Å². The van der Waals surface area contributed by atoms with Crippen molar-refractivity contribution in [3.05, 3.63) is 24.0 Å². The highest BCUT2D eigenvalue weighted by atomic mass is 15.2. The molecule has 4 nitrogen and oxygen atoms in total. The molecule has 1 aromatic heterocycles. The molecule has 0 fully saturated rings. The normalized spacial score (nSPS) is 10.7. The van der Waals surface area contributed by atoms with Crippen LogP contribution in [0.1, 0.15) is 5.82 Å². The molecule has 0 saturated heterocycles. The number of fused-ring (bicyclic) bond motifs is 1. The Bertz CT molecular complexity index is 444. The number of nitrogens with two attached hydrogens (primary N) is 1. The van der Waals surface area contributed by atoms with Crippen LogP contribution >= 0.6 is 0 Å². The van der Waals surface area contributed by atoms with E-state index in [2.05, 4.69) is 10.4 Å². The van der Waals surface area contributed by atoms with Crippen LogP contribution in [0, 0.1) is 6.92 Å². The number of aromatic nitrogens is 2. The largest absolute Gasteiger partial charge is 0.331 e. The van der Waals surface area contributed by atoms with Gasteiger partial charge in [-0.3, -0.25) is 5.84 Å². The number of anilines is 1. The Hall–Kier alpha value is -1.55. The highest BCUT2D eigenvalue weighted by molar-refractivity contribution is 5.80. The Kier molecular flexibility index (Phi) is 1.70. The van der Waals surface area contributed by atoms with E-state index in [0.717, 1.165) is 22.5 Å². The Balaban J connectivity index is 2.75. The summed E-state index contributed by atoms with van der Waals surface area (Å²) in [6, 6.07) is 5.85. The number of hydrazine groups is 1. The summed E-state index contributed by atoms with van der Waals surface area (Å²) in [4.78, 5) is 4.38. The van der Waals surface area contributed by atoms with Crippen molar-refractivity contribution in [1.82, 2.24) is 9.55 Å². The molecule has 0 unspecified atom stereocenters. The van der Waals surface area contributed by atoms with Crippen molar-refractivity contribution in [3.8, 4) is 0 Å². The summed E-state index contributed by atoms with van der Waals surface area (Å²) in [7, 11) is 1.99. The average Bonchev–Trinajstić information content (AvgIpc) is 2.43. The highest BCUT2D eigenvalue weighted by Gasteiger charge is 2.03. The van der Waals surface area contributed by atoms with Crippen LogP contribution in [-0.2, 0) is 7.05 Å². The minimum atomic E-state index is 0.899. The highest BCUT2D eigenvalue weighted by Crippen LogP contribution is 2.18. The fourth-order valence-electron chi connectivity index (χ4n) is 1.40. The standard InChI is InChI=1S/C9H12N4/c1-6-11-8-4-3-7(12-10)5-9(8)13(6)2/h3-5,12H,10H2,1-2H3. The second-order valence-corrected chi connectivity index (χ2v) is 3.07. The fraction of sp³-hybridized carbons (Fsp3) is 0.222. The molecule has 0 radical (unpaired) electrons. The minimum Gasteiger partial charge on any atom is -0.331 e. The van der Waals surface area contributed by atoms with Crippen molar-refractivity contribution in [2.45, 2.75) is 6.92 Å². The minimum absolute atomic E-state index is 0.899. The number of imidazole rings is 1. The van der Waals surface area contributed by atoms with Crippen LogP contribution in [0.4, 0.5) is 5.69 Å². The Labute approximate surface area is 76.3 Å². The number of nitrogens with zero attached hydrogens (tertiary/aromatic N) is 2. The summed E-state index contributed by atoms with van der Waals surface area (Å²) in [6.07, 6.45) is 0. The lowest BCUT2D eigenvalue weighted by atomic mass is 10.3. The summed E-state index contributed by atoms with van der Waals surface area (Å²) in [5.74, 6) is 6.32. The first-order valence-corrected chi connectivity index (χ1v) is 4.12. The van der Waals surface area contributed by atoms with Crippen LogP contribution in [0.15, 0.2) is 18.2 Å². The molecule has 4 heteroatoms. The van der Waals surface area contributed by atoms with Crippen LogP contribution in [0.25, 0.3) is 11.0 Å². The molecule has 0 saturated carbocycles. The summed E-state index contributed by atoms with van der Waals surface area (Å²) >= 11 is 0. The molecule has 68 valence electrons. The van der Waals surface area contributed by atoms with Crippen molar-refractivity contribution >= 4 is 16.7 Å². The van der Waals surface area contributed by atoms with E-state index in [4.69, 9.17) is 5.84 Å². The van der Waals surface area contributed by atoms with E-state index in [1.807, 2.05) is 36.7 Å². The van der Waals surface area contributed by atoms with Gasteiger partial charge in [-0.2, -0.15) is 0 Å². The molecular formula is C9H12N4. The maximum atomic E-state index is 5.32. The maximum Gasteiger partial charge on any atom is 0.106 e. The third-order valence-corrected chi connectivity index (χ3v) is 2.27. The van der Waals surface area contributed by atoms with E-state index in [1.165, 1.54) is 0 Å². The third kappa shape index (κ3) is 1.15. The summed E-state index contributed by atoms with van der Waals surface area (Å²) < 4.78 is 2.04. The van der Waals surface area contributed by atoms with E-state index in [-0.39, 0.29) is 0 Å². The van der Waals surface area contributed by atoms with E-state index in [0.29, 0.717) is 0 Å². The molecule has 3 N–H and O–H groups in total. The third-order valence-electron chi connectivity index (χ3n) is 2.27. The molecule has 2 rings (SSSR count). The molecule has 0 amide bonds. The molecule has 0 aliphatic heterocycles. The molecule has 1 aromatic carbocycles. The zero-order valence-electron chi connectivity index (χ0n) is 7.70. The number of nitrogen functional groups attached to an aromatic ring is 1. The fourth-order valence-corrected chi connectivity index (χ4v) is 1.40. The summed E-state index contributed by atoms with van der Waals surface area (Å²) in [6.45, 7) is 1.98. The first kappa shape index (κ1) is 8.07. The van der Waals surface area contributed by atoms with Gasteiger partial charge in [-0.1, -0.05) is 0 Å². The van der Waals surface area contributed by atoms with Crippen LogP contribution in [0.5, 0.6) is 0 Å². The molecule has 2 aromatic rings. The number of aryl methyl sites for hydroxylation is 2. The first-order valence-electron chi connectivity index (χ1n) is 4.12. The average molecular weight is 176 g/mol. The van der Waals surface area contributed by atoms with Gasteiger partial charge >= 0.3 is 0 Å². The van der Waals surface area contributed by atoms with Crippen molar-refractivity contribution in [2.24, 2.45) is 12.9 Å². The topological polar surface area (TPSA) is 55.9 Å². The van der Waals surface area contributed by atoms with Gasteiger partial charge in [0, 0.05) is 7.05 Å². The van der Waals surface area contributed by atoms with Crippen molar-refractivity contribution in [1.29, 1.82) is 0 Å². The number of hydrogen-bond acceptors (Lipinski definition) is 3. The predicted octanol–water partition coefficient (Wildman–Crippen LogP) is 1.17. The second kappa shape index (κ2) is 2.74. The van der Waals surface area contributed by atoms with Gasteiger partial charge < -0.3 is 9.99 Å².